The van der Waals surface area contributed by atoms with E-state index in [0.29, 0.717) is 22.0 Å². The molecule has 1 aromatic carbocycles. The average Bonchev–Trinajstić information content (AvgIpc) is 3.03. The van der Waals surface area contributed by atoms with Crippen LogP contribution in [0, 0.1) is 0 Å². The van der Waals surface area contributed by atoms with Crippen LogP contribution in [0.25, 0.3) is 0 Å². The van der Waals surface area contributed by atoms with Crippen molar-refractivity contribution in [3.8, 4) is 0 Å². The largest absolute Gasteiger partial charge is 0.463 e. The molecule has 0 aromatic heterocycles. The van der Waals surface area contributed by atoms with Crippen molar-refractivity contribution in [2.45, 2.75) is 44.8 Å². The maximum absolute atomic E-state index is 13.2. The van der Waals surface area contributed by atoms with Gasteiger partial charge >= 0.3 is 11.9 Å². The fraction of sp³-hybridized carbons (Fsp3) is 0.409. The highest BCUT2D eigenvalue weighted by atomic mass is 35.5. The number of amides is 1. The molecular formula is C22H25ClN2O5S. The van der Waals surface area contributed by atoms with Gasteiger partial charge in [-0.2, -0.15) is 0 Å². The lowest BCUT2D eigenvalue weighted by Gasteiger charge is -2.33. The Morgan fingerprint density at radius 3 is 2.48 bits per heavy atom. The molecule has 7 nitrogen and oxygen atoms in total. The van der Waals surface area contributed by atoms with E-state index in [1.54, 1.807) is 38.1 Å². The number of nitrogens with two attached hydrogens (primary N) is 1. The number of thioether (sulfide) groups is 1. The van der Waals surface area contributed by atoms with Gasteiger partial charge in [0, 0.05) is 5.02 Å². The lowest BCUT2D eigenvalue weighted by atomic mass is 9.82. The zero-order valence-corrected chi connectivity index (χ0v) is 19.2. The van der Waals surface area contributed by atoms with E-state index in [4.69, 9.17) is 26.8 Å². The van der Waals surface area contributed by atoms with Gasteiger partial charge in [0.1, 0.15) is 5.82 Å². The summed E-state index contributed by atoms with van der Waals surface area (Å²) in [5, 5.41) is 0.251. The number of halogens is 1. The molecule has 9 heteroatoms. The first-order valence-electron chi connectivity index (χ1n) is 10.2. The van der Waals surface area contributed by atoms with Crippen LogP contribution in [0.3, 0.4) is 0 Å². The summed E-state index contributed by atoms with van der Waals surface area (Å²) in [6, 6.07) is 6.90. The lowest BCUT2D eigenvalue weighted by molar-refractivity contribution is -0.140. The van der Waals surface area contributed by atoms with Crippen molar-refractivity contribution in [1.82, 2.24) is 4.90 Å². The highest BCUT2D eigenvalue weighted by Crippen LogP contribution is 2.50. The third-order valence-electron chi connectivity index (χ3n) is 5.05. The number of nitrogens with zero attached hydrogens (tertiary/aromatic N) is 1. The van der Waals surface area contributed by atoms with E-state index in [1.165, 1.54) is 16.7 Å². The van der Waals surface area contributed by atoms with Crippen LogP contribution in [-0.4, -0.2) is 41.2 Å². The number of fused-ring (bicyclic) bond motifs is 1. The van der Waals surface area contributed by atoms with Crippen molar-refractivity contribution in [1.29, 1.82) is 0 Å². The zero-order chi connectivity index (χ0) is 22.7. The average molecular weight is 465 g/mol. The molecule has 0 aliphatic carbocycles. The normalized spacial score (nSPS) is 20.8. The molecule has 31 heavy (non-hydrogen) atoms. The number of rotatable bonds is 7. The Balaban J connectivity index is 2.24. The summed E-state index contributed by atoms with van der Waals surface area (Å²) in [6.07, 6.45) is 1.52. The monoisotopic (exact) mass is 464 g/mol. The number of esters is 2. The van der Waals surface area contributed by atoms with E-state index in [-0.39, 0.29) is 36.1 Å². The fourth-order valence-corrected chi connectivity index (χ4v) is 4.95. The summed E-state index contributed by atoms with van der Waals surface area (Å²) in [4.78, 5) is 40.3. The minimum atomic E-state index is -0.918. The maximum atomic E-state index is 13.2. The van der Waals surface area contributed by atoms with Crippen LogP contribution < -0.4 is 5.73 Å². The molecule has 2 aliphatic heterocycles. The maximum Gasteiger partial charge on any atom is 0.338 e. The van der Waals surface area contributed by atoms with E-state index in [0.717, 1.165) is 6.42 Å². The van der Waals surface area contributed by atoms with Crippen LogP contribution in [0.15, 0.2) is 46.3 Å². The van der Waals surface area contributed by atoms with Gasteiger partial charge in [0.05, 0.1) is 40.6 Å². The Morgan fingerprint density at radius 1 is 1.16 bits per heavy atom. The molecule has 1 aromatic rings. The SMILES string of the molecule is CCCCOC(=O)C1=C(N)N2C(=O)C(C)SC2=C(C(=O)OCC)C1c1ccccc1Cl. The fourth-order valence-electron chi connectivity index (χ4n) is 3.54. The summed E-state index contributed by atoms with van der Waals surface area (Å²) in [7, 11) is 0. The van der Waals surface area contributed by atoms with Crippen LogP contribution in [0.2, 0.25) is 5.02 Å². The molecule has 2 unspecified atom stereocenters. The smallest absolute Gasteiger partial charge is 0.338 e. The van der Waals surface area contributed by atoms with E-state index < -0.39 is 23.1 Å². The van der Waals surface area contributed by atoms with Gasteiger partial charge in [0.15, 0.2) is 0 Å². The van der Waals surface area contributed by atoms with Crippen LogP contribution in [0.4, 0.5) is 0 Å². The third kappa shape index (κ3) is 4.32. The first kappa shape index (κ1) is 23.2. The number of carbonyl (C=O) groups excluding carboxylic acids is 3. The number of ether oxygens (including phenoxy) is 2. The summed E-state index contributed by atoms with van der Waals surface area (Å²) in [5.41, 5.74) is 7.06. The van der Waals surface area contributed by atoms with Gasteiger partial charge in [-0.05, 0) is 31.9 Å². The molecule has 1 amide bonds. The molecule has 2 atom stereocenters. The highest BCUT2D eigenvalue weighted by Gasteiger charge is 2.49. The Labute approximate surface area is 190 Å². The van der Waals surface area contributed by atoms with Gasteiger partial charge < -0.3 is 15.2 Å². The standard InChI is InChI=1S/C22H25ClN2O5S/c1-4-6-11-30-21(27)16-15(13-9-7-8-10-14(13)23)17(22(28)29-5-2)20-25(18(16)24)19(26)12(3)31-20/h7-10,12,15H,4-6,11,24H2,1-3H3. The molecule has 166 valence electrons. The van der Waals surface area contributed by atoms with Gasteiger partial charge in [0.2, 0.25) is 5.91 Å². The van der Waals surface area contributed by atoms with Crippen LogP contribution in [-0.2, 0) is 23.9 Å². The number of hydrogen-bond donors (Lipinski definition) is 1. The summed E-state index contributed by atoms with van der Waals surface area (Å²) < 4.78 is 10.7. The highest BCUT2D eigenvalue weighted by molar-refractivity contribution is 8.04. The Bertz CT molecular complexity index is 974. The van der Waals surface area contributed by atoms with E-state index >= 15 is 0 Å². The second-order valence-corrected chi connectivity index (χ2v) is 8.85. The number of carbonyl (C=O) groups is 3. The minimum Gasteiger partial charge on any atom is -0.463 e. The van der Waals surface area contributed by atoms with Gasteiger partial charge in [-0.1, -0.05) is 54.9 Å². The second kappa shape index (κ2) is 9.78. The van der Waals surface area contributed by atoms with E-state index in [1.807, 2.05) is 6.92 Å². The molecule has 1 saturated heterocycles. The first-order chi connectivity index (χ1) is 14.8. The molecule has 2 N–H and O–H groups in total. The second-order valence-electron chi connectivity index (χ2n) is 7.12. The topological polar surface area (TPSA) is 98.9 Å². The third-order valence-corrected chi connectivity index (χ3v) is 6.57. The Morgan fingerprint density at radius 2 is 1.84 bits per heavy atom. The molecule has 2 heterocycles. The molecular weight excluding hydrogens is 440 g/mol. The van der Waals surface area contributed by atoms with Crippen molar-refractivity contribution in [3.05, 3.63) is 56.8 Å². The zero-order valence-electron chi connectivity index (χ0n) is 17.6. The number of unbranched alkanes of at least 4 members (excludes halogenated alkanes) is 1. The van der Waals surface area contributed by atoms with Crippen molar-refractivity contribution in [2.75, 3.05) is 13.2 Å². The molecule has 0 bridgehead atoms. The molecule has 2 aliphatic rings. The van der Waals surface area contributed by atoms with E-state index in [2.05, 4.69) is 0 Å². The predicted octanol–water partition coefficient (Wildman–Crippen LogP) is 3.69. The van der Waals surface area contributed by atoms with Crippen molar-refractivity contribution >= 4 is 41.2 Å². The van der Waals surface area contributed by atoms with Crippen molar-refractivity contribution in [3.63, 3.8) is 0 Å². The quantitative estimate of drug-likeness (QED) is 0.485. The number of hydrogen-bond acceptors (Lipinski definition) is 7. The molecule has 0 spiro atoms. The first-order valence-corrected chi connectivity index (χ1v) is 11.4. The summed E-state index contributed by atoms with van der Waals surface area (Å²) in [5.74, 6) is -2.59. The predicted molar refractivity (Wildman–Crippen MR) is 119 cm³/mol. The van der Waals surface area contributed by atoms with Gasteiger partial charge in [-0.15, -0.1) is 0 Å². The molecule has 0 saturated carbocycles. The van der Waals surface area contributed by atoms with Gasteiger partial charge in [-0.3, -0.25) is 9.69 Å². The van der Waals surface area contributed by atoms with Crippen LogP contribution in [0.5, 0.6) is 0 Å². The van der Waals surface area contributed by atoms with Crippen molar-refractivity contribution in [2.24, 2.45) is 5.73 Å². The van der Waals surface area contributed by atoms with Crippen LogP contribution >= 0.6 is 23.4 Å². The Hall–Kier alpha value is -2.45. The molecule has 3 rings (SSSR count). The number of benzene rings is 1. The summed E-state index contributed by atoms with van der Waals surface area (Å²) >= 11 is 7.68. The minimum absolute atomic E-state index is 0.0130. The van der Waals surface area contributed by atoms with Gasteiger partial charge in [-0.25, -0.2) is 9.59 Å². The van der Waals surface area contributed by atoms with Crippen molar-refractivity contribution < 1.29 is 23.9 Å². The Kier molecular flexibility index (Phi) is 7.33. The van der Waals surface area contributed by atoms with Gasteiger partial charge in [0.25, 0.3) is 0 Å². The lowest BCUT2D eigenvalue weighted by Crippen LogP contribution is -2.40. The van der Waals surface area contributed by atoms with Crippen LogP contribution in [0.1, 0.15) is 45.1 Å². The van der Waals surface area contributed by atoms with E-state index in [9.17, 15) is 14.4 Å². The summed E-state index contributed by atoms with van der Waals surface area (Å²) in [6.45, 7) is 5.72. The molecule has 1 fully saturated rings. The molecule has 0 radical (unpaired) electrons.